The summed E-state index contributed by atoms with van der Waals surface area (Å²) < 4.78 is 0.726. The van der Waals surface area contributed by atoms with Gasteiger partial charge in [-0.1, -0.05) is 11.6 Å². The van der Waals surface area contributed by atoms with Crippen molar-refractivity contribution >= 4 is 40.2 Å². The third-order valence-electron chi connectivity index (χ3n) is 2.50. The molecule has 0 radical (unpaired) electrons. The highest BCUT2D eigenvalue weighted by Crippen LogP contribution is 2.23. The van der Waals surface area contributed by atoms with Gasteiger partial charge >= 0.3 is 0 Å². The molecule has 1 unspecified atom stereocenters. The monoisotopic (exact) mass is 315 g/mol. The van der Waals surface area contributed by atoms with Crippen molar-refractivity contribution < 1.29 is 4.79 Å². The fourth-order valence-corrected chi connectivity index (χ4v) is 3.43. The Hall–Kier alpha value is -0.950. The molecule has 2 N–H and O–H groups in total. The minimum Gasteiger partial charge on any atom is -0.335 e. The Bertz CT molecular complexity index is 579. The number of hydrogen-bond donors (Lipinski definition) is 1. The van der Waals surface area contributed by atoms with E-state index in [1.807, 2.05) is 19.1 Å². The predicted molar refractivity (Wildman–Crippen MR) is 79.8 cm³/mol. The first-order valence-electron chi connectivity index (χ1n) is 5.68. The van der Waals surface area contributed by atoms with Crippen LogP contribution in [-0.4, -0.2) is 22.8 Å². The highest BCUT2D eigenvalue weighted by atomic mass is 35.5. The Labute approximate surface area is 124 Å². The number of halogens is 1. The molecule has 0 aliphatic carbocycles. The van der Waals surface area contributed by atoms with Crippen molar-refractivity contribution in [2.24, 2.45) is 5.73 Å². The molecule has 0 saturated heterocycles. The van der Waals surface area contributed by atoms with Crippen molar-refractivity contribution in [2.45, 2.75) is 19.5 Å². The van der Waals surface area contributed by atoms with Crippen LogP contribution in [-0.2, 0) is 6.54 Å². The molecule has 0 bridgehead atoms. The molecule has 7 heteroatoms. The predicted octanol–water partition coefficient (Wildman–Crippen LogP) is 3.15. The van der Waals surface area contributed by atoms with Crippen molar-refractivity contribution in [1.82, 2.24) is 9.88 Å². The average molecular weight is 316 g/mol. The molecule has 0 saturated carbocycles. The quantitative estimate of drug-likeness (QED) is 0.943. The van der Waals surface area contributed by atoms with Crippen LogP contribution in [0.15, 0.2) is 17.5 Å². The number of rotatable bonds is 4. The number of nitrogens with two attached hydrogens (primary N) is 1. The highest BCUT2D eigenvalue weighted by molar-refractivity contribution is 7.16. The summed E-state index contributed by atoms with van der Waals surface area (Å²) in [5, 5.41) is 2.52. The summed E-state index contributed by atoms with van der Waals surface area (Å²) in [4.78, 5) is 19.1. The lowest BCUT2D eigenvalue weighted by molar-refractivity contribution is 0.0781. The zero-order valence-electron chi connectivity index (χ0n) is 10.6. The van der Waals surface area contributed by atoms with Crippen LogP contribution in [0.4, 0.5) is 0 Å². The molecule has 1 amide bonds. The third kappa shape index (κ3) is 3.54. The SMILES string of the molecule is CC(N)c1nc(C(=O)N(C)Cc2ccc(Cl)s2)cs1. The van der Waals surface area contributed by atoms with E-state index in [1.165, 1.54) is 22.7 Å². The zero-order valence-corrected chi connectivity index (χ0v) is 13.0. The van der Waals surface area contributed by atoms with Crippen LogP contribution >= 0.6 is 34.3 Å². The van der Waals surface area contributed by atoms with E-state index < -0.39 is 0 Å². The highest BCUT2D eigenvalue weighted by Gasteiger charge is 2.17. The standard InChI is InChI=1S/C12H14ClN3OS2/c1-7(14)11-15-9(6-18-11)12(17)16(2)5-8-3-4-10(13)19-8/h3-4,6-7H,5,14H2,1-2H3. The number of carbonyl (C=O) groups is 1. The van der Waals surface area contributed by atoms with E-state index in [-0.39, 0.29) is 11.9 Å². The lowest BCUT2D eigenvalue weighted by Crippen LogP contribution is -2.26. The van der Waals surface area contributed by atoms with Gasteiger partial charge in [-0.05, 0) is 19.1 Å². The number of amides is 1. The lowest BCUT2D eigenvalue weighted by atomic mass is 10.3. The number of aromatic nitrogens is 1. The van der Waals surface area contributed by atoms with Crippen LogP contribution < -0.4 is 5.73 Å². The van der Waals surface area contributed by atoms with Gasteiger partial charge in [0.15, 0.2) is 0 Å². The summed E-state index contributed by atoms with van der Waals surface area (Å²) in [6.45, 7) is 2.38. The van der Waals surface area contributed by atoms with Crippen molar-refractivity contribution in [1.29, 1.82) is 0 Å². The van der Waals surface area contributed by atoms with Crippen molar-refractivity contribution in [2.75, 3.05) is 7.05 Å². The van der Waals surface area contributed by atoms with Crippen LogP contribution in [0.2, 0.25) is 4.34 Å². The van der Waals surface area contributed by atoms with E-state index in [9.17, 15) is 4.79 Å². The minimum absolute atomic E-state index is 0.104. The molecule has 2 rings (SSSR count). The van der Waals surface area contributed by atoms with Gasteiger partial charge in [-0.3, -0.25) is 4.79 Å². The van der Waals surface area contributed by atoms with Crippen LogP contribution in [0.3, 0.4) is 0 Å². The van der Waals surface area contributed by atoms with Gasteiger partial charge in [-0.25, -0.2) is 4.98 Å². The van der Waals surface area contributed by atoms with Gasteiger partial charge in [0.2, 0.25) is 0 Å². The smallest absolute Gasteiger partial charge is 0.273 e. The largest absolute Gasteiger partial charge is 0.335 e. The van der Waals surface area contributed by atoms with E-state index in [0.717, 1.165) is 14.2 Å². The maximum Gasteiger partial charge on any atom is 0.273 e. The summed E-state index contributed by atoms with van der Waals surface area (Å²) in [6.07, 6.45) is 0. The van der Waals surface area contributed by atoms with E-state index >= 15 is 0 Å². The number of hydrogen-bond acceptors (Lipinski definition) is 5. The number of thiophene rings is 1. The molecule has 4 nitrogen and oxygen atoms in total. The third-order valence-corrected chi connectivity index (χ3v) is 4.76. The molecule has 2 aromatic rings. The normalized spacial score (nSPS) is 12.4. The van der Waals surface area contributed by atoms with E-state index in [0.29, 0.717) is 12.2 Å². The Morgan fingerprint density at radius 1 is 1.58 bits per heavy atom. The van der Waals surface area contributed by atoms with Crippen LogP contribution in [0.1, 0.15) is 33.3 Å². The molecule has 0 fully saturated rings. The molecule has 2 heterocycles. The molecule has 0 spiro atoms. The number of carbonyl (C=O) groups excluding carboxylic acids is 1. The Balaban J connectivity index is 2.05. The topological polar surface area (TPSA) is 59.2 Å². The molecule has 0 aromatic carbocycles. The van der Waals surface area contributed by atoms with Gasteiger partial charge in [0, 0.05) is 17.3 Å². The Kier molecular flexibility index (Phi) is 4.57. The van der Waals surface area contributed by atoms with Gasteiger partial charge in [-0.15, -0.1) is 22.7 Å². The molecule has 0 aliphatic heterocycles. The fraction of sp³-hybridized carbons (Fsp3) is 0.333. The van der Waals surface area contributed by atoms with E-state index in [4.69, 9.17) is 17.3 Å². The molecular formula is C12H14ClN3OS2. The Morgan fingerprint density at radius 2 is 2.32 bits per heavy atom. The summed E-state index contributed by atoms with van der Waals surface area (Å²) in [7, 11) is 1.75. The van der Waals surface area contributed by atoms with Crippen molar-refractivity contribution in [3.63, 3.8) is 0 Å². The van der Waals surface area contributed by atoms with Gasteiger partial charge in [0.25, 0.3) is 5.91 Å². The fourth-order valence-electron chi connectivity index (χ4n) is 1.53. The van der Waals surface area contributed by atoms with Crippen molar-refractivity contribution in [3.8, 4) is 0 Å². The zero-order chi connectivity index (χ0) is 14.0. The first kappa shape index (κ1) is 14.5. The maximum absolute atomic E-state index is 12.2. The van der Waals surface area contributed by atoms with E-state index in [2.05, 4.69) is 4.98 Å². The molecule has 2 aromatic heterocycles. The number of thiazole rings is 1. The van der Waals surface area contributed by atoms with E-state index in [1.54, 1.807) is 17.3 Å². The summed E-state index contributed by atoms with van der Waals surface area (Å²) in [5.74, 6) is -0.104. The van der Waals surface area contributed by atoms with Gasteiger partial charge < -0.3 is 10.6 Å². The Morgan fingerprint density at radius 3 is 2.84 bits per heavy atom. The first-order valence-corrected chi connectivity index (χ1v) is 7.75. The second-order valence-electron chi connectivity index (χ2n) is 4.23. The molecule has 19 heavy (non-hydrogen) atoms. The van der Waals surface area contributed by atoms with Crippen molar-refractivity contribution in [3.05, 3.63) is 37.4 Å². The molecule has 102 valence electrons. The summed E-state index contributed by atoms with van der Waals surface area (Å²) >= 11 is 8.75. The second kappa shape index (κ2) is 6.00. The minimum atomic E-state index is -0.145. The second-order valence-corrected chi connectivity index (χ2v) is 6.92. The van der Waals surface area contributed by atoms with Crippen LogP contribution in [0, 0.1) is 0 Å². The lowest BCUT2D eigenvalue weighted by Gasteiger charge is -2.14. The summed E-state index contributed by atoms with van der Waals surface area (Å²) in [5.41, 5.74) is 6.19. The van der Waals surface area contributed by atoms with Gasteiger partial charge in [-0.2, -0.15) is 0 Å². The average Bonchev–Trinajstić information content (AvgIpc) is 2.97. The molecule has 1 atom stereocenters. The molecule has 0 aliphatic rings. The van der Waals surface area contributed by atoms with Gasteiger partial charge in [0.05, 0.1) is 16.9 Å². The van der Waals surface area contributed by atoms with Gasteiger partial charge in [0.1, 0.15) is 10.7 Å². The number of nitrogens with zero attached hydrogens (tertiary/aromatic N) is 2. The molecular weight excluding hydrogens is 302 g/mol. The summed E-state index contributed by atoms with van der Waals surface area (Å²) in [6, 6.07) is 3.61. The van der Waals surface area contributed by atoms with Crippen LogP contribution in [0.5, 0.6) is 0 Å². The first-order chi connectivity index (χ1) is 8.97. The maximum atomic E-state index is 12.2. The van der Waals surface area contributed by atoms with Crippen LogP contribution in [0.25, 0.3) is 0 Å².